The summed E-state index contributed by atoms with van der Waals surface area (Å²) in [5.41, 5.74) is 2.18. The summed E-state index contributed by atoms with van der Waals surface area (Å²) in [4.78, 5) is 13.0. The van der Waals surface area contributed by atoms with E-state index in [1.54, 1.807) is 18.6 Å². The lowest BCUT2D eigenvalue weighted by Crippen LogP contribution is -2.47. The summed E-state index contributed by atoms with van der Waals surface area (Å²) in [6.45, 7) is 6.37. The Morgan fingerprint density at radius 1 is 1.24 bits per heavy atom. The molecule has 4 rings (SSSR count). The van der Waals surface area contributed by atoms with Crippen LogP contribution in [0.1, 0.15) is 24.2 Å². The number of aliphatic hydroxyl groups excluding tert-OH is 1. The molecule has 1 N–H and O–H groups in total. The first-order chi connectivity index (χ1) is 12.2. The number of rotatable bonds is 4. The number of nitrogens with zero attached hydrogens (tertiary/aromatic N) is 4. The molecule has 0 spiro atoms. The molecule has 2 aromatic rings. The Labute approximate surface area is 148 Å². The average Bonchev–Trinajstić information content (AvgIpc) is 3.02. The number of ether oxygens (including phenoxy) is 1. The second kappa shape index (κ2) is 6.98. The van der Waals surface area contributed by atoms with Crippen molar-refractivity contribution in [2.45, 2.75) is 25.6 Å². The van der Waals surface area contributed by atoms with Crippen LogP contribution in [0.5, 0.6) is 5.75 Å². The Morgan fingerprint density at radius 3 is 2.84 bits per heavy atom. The molecule has 2 aliphatic rings. The van der Waals surface area contributed by atoms with Gasteiger partial charge in [0.1, 0.15) is 17.7 Å². The molecule has 1 aromatic heterocycles. The van der Waals surface area contributed by atoms with E-state index in [4.69, 9.17) is 4.74 Å². The van der Waals surface area contributed by atoms with E-state index in [0.29, 0.717) is 6.54 Å². The highest BCUT2D eigenvalue weighted by molar-refractivity contribution is 5.41. The number of piperazine rings is 1. The lowest BCUT2D eigenvalue weighted by atomic mass is 10.0. The van der Waals surface area contributed by atoms with Crippen LogP contribution in [0, 0.1) is 0 Å². The molecule has 2 atom stereocenters. The van der Waals surface area contributed by atoms with E-state index in [0.717, 1.165) is 49.7 Å². The van der Waals surface area contributed by atoms with E-state index in [1.165, 1.54) is 5.56 Å². The molecule has 0 amide bonds. The maximum atomic E-state index is 10.6. The largest absolute Gasteiger partial charge is 0.490 e. The van der Waals surface area contributed by atoms with Crippen molar-refractivity contribution in [1.82, 2.24) is 14.9 Å². The molecule has 0 aliphatic carbocycles. The van der Waals surface area contributed by atoms with Gasteiger partial charge < -0.3 is 14.7 Å². The van der Waals surface area contributed by atoms with E-state index in [1.807, 2.05) is 12.1 Å². The van der Waals surface area contributed by atoms with Crippen molar-refractivity contribution in [3.8, 4) is 5.75 Å². The summed E-state index contributed by atoms with van der Waals surface area (Å²) >= 11 is 0. The molecular formula is C19H24N4O2. The van der Waals surface area contributed by atoms with Crippen molar-refractivity contribution in [3.05, 3.63) is 47.9 Å². The summed E-state index contributed by atoms with van der Waals surface area (Å²) in [7, 11) is 0. The SMILES string of the molecule is CC1Cc2cc(C(O)CN3CCN(c4cnccn4)CC3)ccc2O1. The lowest BCUT2D eigenvalue weighted by Gasteiger charge is -2.36. The van der Waals surface area contributed by atoms with Crippen LogP contribution in [0.15, 0.2) is 36.8 Å². The fraction of sp³-hybridized carbons (Fsp3) is 0.474. The Morgan fingerprint density at radius 2 is 2.08 bits per heavy atom. The van der Waals surface area contributed by atoms with Gasteiger partial charge in [-0.2, -0.15) is 0 Å². The van der Waals surface area contributed by atoms with E-state index in [9.17, 15) is 5.11 Å². The topological polar surface area (TPSA) is 61.7 Å². The van der Waals surface area contributed by atoms with Crippen molar-refractivity contribution in [3.63, 3.8) is 0 Å². The summed E-state index contributed by atoms with van der Waals surface area (Å²) in [6, 6.07) is 6.07. The Hall–Kier alpha value is -2.18. The monoisotopic (exact) mass is 340 g/mol. The third-order valence-corrected chi connectivity index (χ3v) is 4.98. The van der Waals surface area contributed by atoms with Crippen molar-refractivity contribution < 1.29 is 9.84 Å². The molecule has 1 aromatic carbocycles. The van der Waals surface area contributed by atoms with Gasteiger partial charge in [0.05, 0.1) is 12.3 Å². The molecule has 0 saturated carbocycles. The Kier molecular flexibility index (Phi) is 4.55. The van der Waals surface area contributed by atoms with Crippen LogP contribution >= 0.6 is 0 Å². The lowest BCUT2D eigenvalue weighted by molar-refractivity contribution is 0.109. The molecule has 25 heavy (non-hydrogen) atoms. The maximum absolute atomic E-state index is 10.6. The van der Waals surface area contributed by atoms with Crippen molar-refractivity contribution in [2.24, 2.45) is 0 Å². The summed E-state index contributed by atoms with van der Waals surface area (Å²) in [5.74, 6) is 1.89. The minimum atomic E-state index is -0.468. The second-order valence-electron chi connectivity index (χ2n) is 6.87. The van der Waals surface area contributed by atoms with E-state index >= 15 is 0 Å². The molecule has 1 fully saturated rings. The first-order valence-corrected chi connectivity index (χ1v) is 8.90. The van der Waals surface area contributed by atoms with Gasteiger partial charge in [-0.15, -0.1) is 0 Å². The third kappa shape index (κ3) is 3.60. The van der Waals surface area contributed by atoms with Gasteiger partial charge >= 0.3 is 0 Å². The number of aliphatic hydroxyl groups is 1. The predicted octanol–water partition coefficient (Wildman–Crippen LogP) is 1.66. The highest BCUT2D eigenvalue weighted by Gasteiger charge is 2.23. The zero-order chi connectivity index (χ0) is 17.2. The molecule has 0 radical (unpaired) electrons. The first kappa shape index (κ1) is 16.3. The smallest absolute Gasteiger partial charge is 0.147 e. The molecule has 6 heteroatoms. The van der Waals surface area contributed by atoms with Gasteiger partial charge in [-0.25, -0.2) is 4.98 Å². The van der Waals surface area contributed by atoms with Crippen LogP contribution < -0.4 is 9.64 Å². The molecule has 1 saturated heterocycles. The maximum Gasteiger partial charge on any atom is 0.147 e. The van der Waals surface area contributed by atoms with Crippen LogP contribution in [-0.2, 0) is 6.42 Å². The number of aromatic nitrogens is 2. The minimum Gasteiger partial charge on any atom is -0.490 e. The van der Waals surface area contributed by atoms with Crippen LogP contribution in [0.2, 0.25) is 0 Å². The molecular weight excluding hydrogens is 316 g/mol. The average molecular weight is 340 g/mol. The van der Waals surface area contributed by atoms with Gasteiger partial charge in [-0.1, -0.05) is 6.07 Å². The molecule has 0 bridgehead atoms. The standard InChI is InChI=1S/C19H24N4O2/c1-14-10-16-11-15(2-3-18(16)25-14)17(24)13-22-6-8-23(9-7-22)19-12-20-4-5-21-19/h2-5,11-12,14,17,24H,6-10,13H2,1H3. The minimum absolute atomic E-state index is 0.233. The quantitative estimate of drug-likeness (QED) is 0.913. The molecule has 2 aliphatic heterocycles. The third-order valence-electron chi connectivity index (χ3n) is 4.98. The predicted molar refractivity (Wildman–Crippen MR) is 95.9 cm³/mol. The van der Waals surface area contributed by atoms with Crippen LogP contribution in [0.3, 0.4) is 0 Å². The van der Waals surface area contributed by atoms with Crippen molar-refractivity contribution in [2.75, 3.05) is 37.6 Å². The second-order valence-corrected chi connectivity index (χ2v) is 6.87. The Bertz CT molecular complexity index is 717. The summed E-state index contributed by atoms with van der Waals surface area (Å²) in [5, 5.41) is 10.6. The summed E-state index contributed by atoms with van der Waals surface area (Å²) < 4.78 is 5.74. The summed E-state index contributed by atoms with van der Waals surface area (Å²) in [6.07, 6.45) is 5.91. The first-order valence-electron chi connectivity index (χ1n) is 8.90. The van der Waals surface area contributed by atoms with Gasteiger partial charge in [-0.3, -0.25) is 9.88 Å². The number of anilines is 1. The van der Waals surface area contributed by atoms with Crippen molar-refractivity contribution in [1.29, 1.82) is 0 Å². The number of hydrogen-bond acceptors (Lipinski definition) is 6. The van der Waals surface area contributed by atoms with Gasteiger partial charge in [0.15, 0.2) is 0 Å². The molecule has 2 unspecified atom stereocenters. The normalized spacial score (nSPS) is 21.7. The van der Waals surface area contributed by atoms with Crippen molar-refractivity contribution >= 4 is 5.82 Å². The highest BCUT2D eigenvalue weighted by Crippen LogP contribution is 2.31. The van der Waals surface area contributed by atoms with E-state index in [2.05, 4.69) is 32.8 Å². The molecule has 3 heterocycles. The van der Waals surface area contributed by atoms with Crippen LogP contribution in [0.25, 0.3) is 0 Å². The number of β-amino-alcohol motifs (C(OH)–C–C–N with tert-alkyl or cyclic N) is 1. The zero-order valence-corrected chi connectivity index (χ0v) is 14.5. The van der Waals surface area contributed by atoms with Gasteiger partial charge in [0, 0.05) is 51.5 Å². The van der Waals surface area contributed by atoms with E-state index < -0.39 is 6.10 Å². The number of benzene rings is 1. The van der Waals surface area contributed by atoms with E-state index in [-0.39, 0.29) is 6.10 Å². The Balaban J connectivity index is 1.33. The number of hydrogen-bond donors (Lipinski definition) is 1. The highest BCUT2D eigenvalue weighted by atomic mass is 16.5. The molecule has 132 valence electrons. The van der Waals surface area contributed by atoms with Crippen LogP contribution in [-0.4, -0.2) is 58.8 Å². The van der Waals surface area contributed by atoms with Crippen LogP contribution in [0.4, 0.5) is 5.82 Å². The van der Waals surface area contributed by atoms with Gasteiger partial charge in [0.25, 0.3) is 0 Å². The number of fused-ring (bicyclic) bond motifs is 1. The zero-order valence-electron chi connectivity index (χ0n) is 14.5. The van der Waals surface area contributed by atoms with Gasteiger partial charge in [-0.05, 0) is 30.2 Å². The van der Waals surface area contributed by atoms with Gasteiger partial charge in [0.2, 0.25) is 0 Å². The fourth-order valence-electron chi connectivity index (χ4n) is 3.61. The molecule has 6 nitrogen and oxygen atoms in total. The fourth-order valence-corrected chi connectivity index (χ4v) is 3.61.